The molecule has 3 rings (SSSR count). The summed E-state index contributed by atoms with van der Waals surface area (Å²) < 4.78 is 15.2. The van der Waals surface area contributed by atoms with Gasteiger partial charge in [-0.2, -0.15) is 0 Å². The van der Waals surface area contributed by atoms with Crippen molar-refractivity contribution >= 4 is 17.8 Å². The van der Waals surface area contributed by atoms with Gasteiger partial charge in [-0.05, 0) is 31.4 Å². The monoisotopic (exact) mass is 424 g/mol. The van der Waals surface area contributed by atoms with Gasteiger partial charge >= 0.3 is 0 Å². The zero-order valence-corrected chi connectivity index (χ0v) is 18.4. The van der Waals surface area contributed by atoms with Gasteiger partial charge in [0.2, 0.25) is 5.91 Å². The number of nitrogens with one attached hydrogen (secondary N) is 1. The Hall–Kier alpha value is -3.22. The summed E-state index contributed by atoms with van der Waals surface area (Å²) in [6.45, 7) is 7.61. The summed E-state index contributed by atoms with van der Waals surface area (Å²) >= 11 is 0. The van der Waals surface area contributed by atoms with Crippen LogP contribution in [-0.2, 0) is 11.3 Å². The van der Waals surface area contributed by atoms with Crippen molar-refractivity contribution in [1.29, 1.82) is 0 Å². The molecule has 31 heavy (non-hydrogen) atoms. The van der Waals surface area contributed by atoms with Gasteiger partial charge in [0.15, 0.2) is 5.96 Å². The standard InChI is InChI=1S/C24H29FN4O2/c1-15(2)24(4)13-20(30)29(23(26)28-24)14-18-11-8-12-19(21(18)25)22(31)27-16(3)17-9-6-5-7-10-17/h5-12,15-16H,13-14H2,1-4H3,(H2,26,28)(H,27,31)/t16-,24-/m0/s1. The van der Waals surface area contributed by atoms with Crippen LogP contribution in [0.2, 0.25) is 0 Å². The number of nitrogens with two attached hydrogens (primary N) is 1. The van der Waals surface area contributed by atoms with Gasteiger partial charge in [0, 0.05) is 5.56 Å². The lowest BCUT2D eigenvalue weighted by Gasteiger charge is -2.37. The summed E-state index contributed by atoms with van der Waals surface area (Å²) in [5, 5.41) is 2.82. The Morgan fingerprint density at radius 1 is 1.19 bits per heavy atom. The van der Waals surface area contributed by atoms with Crippen LogP contribution >= 0.6 is 0 Å². The number of carbonyl (C=O) groups is 2. The fourth-order valence-corrected chi connectivity index (χ4v) is 3.54. The highest BCUT2D eigenvalue weighted by Gasteiger charge is 2.38. The molecule has 7 heteroatoms. The number of aliphatic imine (C=N–C) groups is 1. The van der Waals surface area contributed by atoms with E-state index in [-0.39, 0.29) is 47.9 Å². The molecule has 0 saturated carbocycles. The van der Waals surface area contributed by atoms with E-state index in [0.717, 1.165) is 5.56 Å². The second-order valence-electron chi connectivity index (χ2n) is 8.52. The number of carbonyl (C=O) groups excluding carboxylic acids is 2. The molecule has 0 aliphatic carbocycles. The molecule has 0 radical (unpaired) electrons. The van der Waals surface area contributed by atoms with Gasteiger partial charge < -0.3 is 11.1 Å². The third-order valence-electron chi connectivity index (χ3n) is 6.00. The first-order valence-electron chi connectivity index (χ1n) is 10.4. The Labute approximate surface area is 182 Å². The average Bonchev–Trinajstić information content (AvgIpc) is 2.72. The minimum absolute atomic E-state index is 0.0689. The molecule has 0 bridgehead atoms. The van der Waals surface area contributed by atoms with Gasteiger partial charge in [0.25, 0.3) is 5.91 Å². The van der Waals surface area contributed by atoms with Gasteiger partial charge in [0.1, 0.15) is 5.82 Å². The van der Waals surface area contributed by atoms with Crippen molar-refractivity contribution in [2.75, 3.05) is 0 Å². The van der Waals surface area contributed by atoms with Crippen LogP contribution in [0.1, 0.15) is 61.6 Å². The predicted octanol–water partition coefficient (Wildman–Crippen LogP) is 3.78. The zero-order chi connectivity index (χ0) is 22.8. The van der Waals surface area contributed by atoms with E-state index in [1.54, 1.807) is 12.1 Å². The molecule has 0 spiro atoms. The minimum atomic E-state index is -0.668. The largest absolute Gasteiger partial charge is 0.369 e. The lowest BCUT2D eigenvalue weighted by Crippen LogP contribution is -2.51. The number of hydrogen-bond acceptors (Lipinski definition) is 4. The van der Waals surface area contributed by atoms with Crippen molar-refractivity contribution in [3.8, 4) is 0 Å². The van der Waals surface area contributed by atoms with Crippen LogP contribution in [-0.4, -0.2) is 28.2 Å². The van der Waals surface area contributed by atoms with Crippen LogP contribution in [0.15, 0.2) is 53.5 Å². The first-order chi connectivity index (χ1) is 14.6. The average molecular weight is 425 g/mol. The predicted molar refractivity (Wildman–Crippen MR) is 119 cm³/mol. The van der Waals surface area contributed by atoms with Gasteiger partial charge in [0.05, 0.1) is 30.1 Å². The SMILES string of the molecule is CC(C)[C@]1(C)CC(=O)N(Cc2cccc(C(=O)N[C@@H](C)c3ccccc3)c2F)C(N)=N1. The minimum Gasteiger partial charge on any atom is -0.369 e. The Balaban J connectivity index is 1.80. The molecule has 164 valence electrons. The van der Waals surface area contributed by atoms with E-state index in [1.165, 1.54) is 11.0 Å². The lowest BCUT2D eigenvalue weighted by molar-refractivity contribution is -0.130. The molecular weight excluding hydrogens is 395 g/mol. The van der Waals surface area contributed by atoms with E-state index >= 15 is 4.39 Å². The highest BCUT2D eigenvalue weighted by atomic mass is 19.1. The summed E-state index contributed by atoms with van der Waals surface area (Å²) in [6, 6.07) is 13.7. The fraction of sp³-hybridized carbons (Fsp3) is 0.375. The smallest absolute Gasteiger partial charge is 0.254 e. The van der Waals surface area contributed by atoms with E-state index in [2.05, 4.69) is 10.3 Å². The molecule has 2 amide bonds. The third kappa shape index (κ3) is 4.76. The molecule has 0 aromatic heterocycles. The van der Waals surface area contributed by atoms with E-state index in [1.807, 2.05) is 58.0 Å². The highest BCUT2D eigenvalue weighted by Crippen LogP contribution is 2.30. The summed E-state index contributed by atoms with van der Waals surface area (Å²) in [4.78, 5) is 31.2. The molecule has 1 heterocycles. The van der Waals surface area contributed by atoms with Crippen molar-refractivity contribution < 1.29 is 14.0 Å². The van der Waals surface area contributed by atoms with Crippen molar-refractivity contribution in [2.24, 2.45) is 16.6 Å². The van der Waals surface area contributed by atoms with E-state index in [0.29, 0.717) is 0 Å². The molecule has 0 unspecified atom stereocenters. The third-order valence-corrected chi connectivity index (χ3v) is 6.00. The van der Waals surface area contributed by atoms with E-state index < -0.39 is 17.3 Å². The second-order valence-corrected chi connectivity index (χ2v) is 8.52. The maximum atomic E-state index is 15.2. The maximum Gasteiger partial charge on any atom is 0.254 e. The van der Waals surface area contributed by atoms with Crippen LogP contribution in [0.4, 0.5) is 4.39 Å². The first-order valence-corrected chi connectivity index (χ1v) is 10.4. The number of nitrogens with zero attached hydrogens (tertiary/aromatic N) is 2. The Morgan fingerprint density at radius 3 is 2.48 bits per heavy atom. The number of amides is 2. The topological polar surface area (TPSA) is 87.8 Å². The second kappa shape index (κ2) is 8.88. The fourth-order valence-electron chi connectivity index (χ4n) is 3.54. The molecule has 2 aromatic carbocycles. The maximum absolute atomic E-state index is 15.2. The van der Waals surface area contributed by atoms with Crippen molar-refractivity contribution in [3.63, 3.8) is 0 Å². The van der Waals surface area contributed by atoms with Crippen molar-refractivity contribution in [3.05, 3.63) is 71.0 Å². The number of benzene rings is 2. The number of guanidine groups is 1. The molecule has 2 aromatic rings. The van der Waals surface area contributed by atoms with Crippen molar-refractivity contribution in [2.45, 2.75) is 52.2 Å². The quantitative estimate of drug-likeness (QED) is 0.740. The number of rotatable bonds is 6. The molecule has 0 saturated heterocycles. The highest BCUT2D eigenvalue weighted by molar-refractivity contribution is 5.99. The Kier molecular flexibility index (Phi) is 6.43. The van der Waals surface area contributed by atoms with Gasteiger partial charge in [-0.25, -0.2) is 9.38 Å². The summed E-state index contributed by atoms with van der Waals surface area (Å²) in [5.41, 5.74) is 6.54. The zero-order valence-electron chi connectivity index (χ0n) is 18.4. The normalized spacial score (nSPS) is 19.9. The van der Waals surface area contributed by atoms with Crippen LogP contribution < -0.4 is 11.1 Å². The molecule has 3 N–H and O–H groups in total. The number of hydrogen-bond donors (Lipinski definition) is 2. The molecule has 1 aliphatic heterocycles. The van der Waals surface area contributed by atoms with E-state index in [9.17, 15) is 9.59 Å². The van der Waals surface area contributed by atoms with Crippen LogP contribution in [0.3, 0.4) is 0 Å². The molecule has 2 atom stereocenters. The molecule has 1 aliphatic rings. The number of halogens is 1. The Morgan fingerprint density at radius 2 is 1.87 bits per heavy atom. The van der Waals surface area contributed by atoms with Gasteiger partial charge in [-0.15, -0.1) is 0 Å². The molecule has 6 nitrogen and oxygen atoms in total. The van der Waals surface area contributed by atoms with Gasteiger partial charge in [-0.3, -0.25) is 14.5 Å². The summed E-state index contributed by atoms with van der Waals surface area (Å²) in [7, 11) is 0. The molecule has 0 fully saturated rings. The van der Waals surface area contributed by atoms with Crippen LogP contribution in [0.5, 0.6) is 0 Å². The lowest BCUT2D eigenvalue weighted by atomic mass is 9.84. The van der Waals surface area contributed by atoms with E-state index in [4.69, 9.17) is 5.73 Å². The summed E-state index contributed by atoms with van der Waals surface area (Å²) in [5.74, 6) is -1.20. The summed E-state index contributed by atoms with van der Waals surface area (Å²) in [6.07, 6.45) is 0.196. The van der Waals surface area contributed by atoms with Gasteiger partial charge in [-0.1, -0.05) is 56.3 Å². The van der Waals surface area contributed by atoms with Crippen LogP contribution in [0.25, 0.3) is 0 Å². The van der Waals surface area contributed by atoms with Crippen molar-refractivity contribution in [1.82, 2.24) is 10.2 Å². The molecular formula is C24H29FN4O2. The first kappa shape index (κ1) is 22.5. The van der Waals surface area contributed by atoms with Crippen LogP contribution in [0, 0.1) is 11.7 Å². The Bertz CT molecular complexity index is 1010.